The van der Waals surface area contributed by atoms with Crippen LogP contribution < -0.4 is 19.9 Å². The number of esters is 1. The number of furan rings is 1. The van der Waals surface area contributed by atoms with Crippen molar-refractivity contribution in [2.24, 2.45) is 5.73 Å². The molecule has 0 spiro atoms. The summed E-state index contributed by atoms with van der Waals surface area (Å²) in [5.41, 5.74) is 10.5. The molecule has 37 heavy (non-hydrogen) atoms. The lowest BCUT2D eigenvalue weighted by Crippen LogP contribution is -2.21. The van der Waals surface area contributed by atoms with Gasteiger partial charge in [-0.15, -0.1) is 0 Å². The van der Waals surface area contributed by atoms with Gasteiger partial charge in [-0.05, 0) is 56.2 Å². The van der Waals surface area contributed by atoms with Gasteiger partial charge in [0.2, 0.25) is 11.6 Å². The fraction of sp³-hybridized carbons (Fsp3) is 0.200. The number of allylic oxidation sites excluding steroid dienone is 1. The Labute approximate surface area is 214 Å². The van der Waals surface area contributed by atoms with Crippen LogP contribution in [0.3, 0.4) is 0 Å². The van der Waals surface area contributed by atoms with Crippen molar-refractivity contribution in [3.8, 4) is 23.3 Å². The molecule has 0 radical (unpaired) electrons. The van der Waals surface area contributed by atoms with Crippen LogP contribution in [0.25, 0.3) is 11.0 Å². The van der Waals surface area contributed by atoms with Gasteiger partial charge in [0.15, 0.2) is 0 Å². The molecule has 0 aliphatic carbocycles. The van der Waals surface area contributed by atoms with Crippen molar-refractivity contribution >= 4 is 16.9 Å². The summed E-state index contributed by atoms with van der Waals surface area (Å²) in [6.07, 6.45) is 0.912. The maximum Gasteiger partial charge on any atom is 0.379 e. The second kappa shape index (κ2) is 9.75. The molecule has 2 N–H and O–H groups in total. The molecule has 7 nitrogen and oxygen atoms in total. The number of benzene rings is 3. The predicted octanol–water partition coefficient (Wildman–Crippen LogP) is 6.28. The monoisotopic (exact) mass is 494 g/mol. The van der Waals surface area contributed by atoms with E-state index in [0.717, 1.165) is 39.8 Å². The van der Waals surface area contributed by atoms with Crippen LogP contribution in [0, 0.1) is 25.2 Å². The van der Waals surface area contributed by atoms with E-state index in [9.17, 15) is 10.1 Å². The van der Waals surface area contributed by atoms with Gasteiger partial charge >= 0.3 is 5.97 Å². The highest BCUT2D eigenvalue weighted by molar-refractivity contribution is 5.97. The Hall–Kier alpha value is -4.70. The number of nitrogens with zero attached hydrogens (tertiary/aromatic N) is 1. The molecular weight excluding hydrogens is 468 g/mol. The third-order valence-corrected chi connectivity index (χ3v) is 6.36. The molecule has 7 heteroatoms. The first-order valence-corrected chi connectivity index (χ1v) is 12.1. The van der Waals surface area contributed by atoms with Gasteiger partial charge in [0.25, 0.3) is 0 Å². The zero-order valence-electron chi connectivity index (χ0n) is 20.8. The fourth-order valence-electron chi connectivity index (χ4n) is 4.50. The summed E-state index contributed by atoms with van der Waals surface area (Å²) in [7, 11) is 0. The molecule has 3 aromatic carbocycles. The van der Waals surface area contributed by atoms with E-state index in [-0.39, 0.29) is 17.4 Å². The van der Waals surface area contributed by atoms with E-state index in [2.05, 4.69) is 6.07 Å². The molecule has 1 aromatic heterocycles. The average Bonchev–Trinajstić information content (AvgIpc) is 3.22. The molecule has 1 aliphatic heterocycles. The van der Waals surface area contributed by atoms with Crippen LogP contribution in [0.15, 0.2) is 76.5 Å². The number of rotatable bonds is 6. The zero-order valence-corrected chi connectivity index (χ0v) is 20.8. The van der Waals surface area contributed by atoms with Crippen LogP contribution in [0.4, 0.5) is 0 Å². The van der Waals surface area contributed by atoms with Gasteiger partial charge in [-0.3, -0.25) is 0 Å². The van der Waals surface area contributed by atoms with Crippen LogP contribution in [-0.4, -0.2) is 12.6 Å². The van der Waals surface area contributed by atoms with Gasteiger partial charge in [0, 0.05) is 22.6 Å². The lowest BCUT2D eigenvalue weighted by atomic mass is 9.83. The molecule has 0 fully saturated rings. The molecule has 5 rings (SSSR count). The van der Waals surface area contributed by atoms with Crippen molar-refractivity contribution in [2.45, 2.75) is 33.1 Å². The number of fused-ring (bicyclic) bond motifs is 2. The summed E-state index contributed by atoms with van der Waals surface area (Å²) in [5.74, 6) is 0.561. The van der Waals surface area contributed by atoms with Gasteiger partial charge in [-0.2, -0.15) is 5.26 Å². The Morgan fingerprint density at radius 1 is 1.05 bits per heavy atom. The number of nitriles is 1. The molecule has 0 saturated carbocycles. The Bertz CT molecular complexity index is 1570. The lowest BCUT2D eigenvalue weighted by Gasteiger charge is -2.26. The number of hydrogen-bond acceptors (Lipinski definition) is 7. The van der Waals surface area contributed by atoms with Crippen LogP contribution in [0.5, 0.6) is 17.2 Å². The minimum atomic E-state index is -0.609. The third-order valence-electron chi connectivity index (χ3n) is 6.36. The van der Waals surface area contributed by atoms with Gasteiger partial charge in [0.1, 0.15) is 34.5 Å². The van der Waals surface area contributed by atoms with Gasteiger partial charge in [-0.25, -0.2) is 4.79 Å². The fourth-order valence-corrected chi connectivity index (χ4v) is 4.50. The topological polar surface area (TPSA) is 108 Å². The largest absolute Gasteiger partial charge is 0.494 e. The predicted molar refractivity (Wildman–Crippen MR) is 139 cm³/mol. The van der Waals surface area contributed by atoms with Crippen LogP contribution in [0.1, 0.15) is 52.1 Å². The van der Waals surface area contributed by atoms with E-state index < -0.39 is 11.9 Å². The highest BCUT2D eigenvalue weighted by Crippen LogP contribution is 2.43. The molecule has 0 bridgehead atoms. The van der Waals surface area contributed by atoms with Gasteiger partial charge in [0.05, 0.1) is 12.5 Å². The van der Waals surface area contributed by atoms with Crippen molar-refractivity contribution in [1.29, 1.82) is 5.26 Å². The number of hydrogen-bond donors (Lipinski definition) is 1. The summed E-state index contributed by atoms with van der Waals surface area (Å²) in [6.45, 7) is 6.49. The van der Waals surface area contributed by atoms with E-state index in [1.165, 1.54) is 0 Å². The average molecular weight is 495 g/mol. The van der Waals surface area contributed by atoms with E-state index in [1.54, 1.807) is 18.2 Å². The molecule has 186 valence electrons. The maximum absolute atomic E-state index is 13.0. The van der Waals surface area contributed by atoms with E-state index in [4.69, 9.17) is 24.4 Å². The quantitative estimate of drug-likeness (QED) is 0.248. The second-order valence-electron chi connectivity index (χ2n) is 8.99. The van der Waals surface area contributed by atoms with Gasteiger partial charge < -0.3 is 24.4 Å². The highest BCUT2D eigenvalue weighted by atomic mass is 16.5. The molecule has 1 aliphatic rings. The summed E-state index contributed by atoms with van der Waals surface area (Å²) in [4.78, 5) is 13.0. The second-order valence-corrected chi connectivity index (χ2v) is 8.99. The first-order chi connectivity index (χ1) is 17.9. The first-order valence-electron chi connectivity index (χ1n) is 12.1. The number of carbonyl (C=O) groups excluding carboxylic acids is 1. The standard InChI is InChI=1S/C30H26N2O5/c1-4-13-34-20-8-6-19(7-9-20)27-22-11-10-21(15-26(22)37-29(32)24(27)16-31)35-30(33)28-18(3)23-14-17(2)5-12-25(23)36-28/h5-12,14-15,27H,4,13,32H2,1-3H3. The summed E-state index contributed by atoms with van der Waals surface area (Å²) in [5, 5.41) is 10.7. The van der Waals surface area contributed by atoms with E-state index >= 15 is 0 Å². The van der Waals surface area contributed by atoms with E-state index in [0.29, 0.717) is 23.5 Å². The minimum Gasteiger partial charge on any atom is -0.494 e. The first kappa shape index (κ1) is 24.0. The van der Waals surface area contributed by atoms with Crippen molar-refractivity contribution in [1.82, 2.24) is 0 Å². The Morgan fingerprint density at radius 3 is 2.54 bits per heavy atom. The Morgan fingerprint density at radius 2 is 1.81 bits per heavy atom. The van der Waals surface area contributed by atoms with Crippen molar-refractivity contribution < 1.29 is 23.4 Å². The number of nitrogens with two attached hydrogens (primary N) is 1. The summed E-state index contributed by atoms with van der Waals surface area (Å²) >= 11 is 0. The molecule has 4 aromatic rings. The van der Waals surface area contributed by atoms with Crippen molar-refractivity contribution in [3.63, 3.8) is 0 Å². The van der Waals surface area contributed by atoms with Gasteiger partial charge in [-0.1, -0.05) is 36.8 Å². The molecule has 0 saturated heterocycles. The molecular formula is C30H26N2O5. The molecule has 0 amide bonds. The van der Waals surface area contributed by atoms with E-state index in [1.807, 2.05) is 63.2 Å². The molecule has 1 unspecified atom stereocenters. The molecule has 1 atom stereocenters. The van der Waals surface area contributed by atoms with Crippen LogP contribution >= 0.6 is 0 Å². The summed E-state index contributed by atoms with van der Waals surface area (Å²) in [6, 6.07) is 20.5. The molecule has 2 heterocycles. The number of ether oxygens (including phenoxy) is 3. The Balaban J connectivity index is 1.44. The highest BCUT2D eigenvalue weighted by Gasteiger charge is 2.31. The van der Waals surface area contributed by atoms with Crippen LogP contribution in [-0.2, 0) is 0 Å². The number of carbonyl (C=O) groups is 1. The third kappa shape index (κ3) is 4.50. The van der Waals surface area contributed by atoms with Crippen molar-refractivity contribution in [3.05, 3.63) is 100 Å². The van der Waals surface area contributed by atoms with Crippen molar-refractivity contribution in [2.75, 3.05) is 6.61 Å². The number of aryl methyl sites for hydroxylation is 2. The smallest absolute Gasteiger partial charge is 0.379 e. The maximum atomic E-state index is 13.0. The SMILES string of the molecule is CCCOc1ccc(C2C(C#N)=C(N)Oc3cc(OC(=O)c4oc5ccc(C)cc5c4C)ccc32)cc1. The van der Waals surface area contributed by atoms with Crippen LogP contribution in [0.2, 0.25) is 0 Å². The minimum absolute atomic E-state index is 0.0123. The Kier molecular flexibility index (Phi) is 6.33. The normalized spacial score (nSPS) is 14.6. The summed E-state index contributed by atoms with van der Waals surface area (Å²) < 4.78 is 22.9. The lowest BCUT2D eigenvalue weighted by molar-refractivity contribution is 0.0702. The zero-order chi connectivity index (χ0) is 26.1.